The van der Waals surface area contributed by atoms with E-state index >= 15 is 0 Å². The SMILES string of the molecule is CCCn1c(N)c(C(=O)C[NH2+][C@H](c2ccccc2)c2ccco2)c(=O)[nH]c1=O. The van der Waals surface area contributed by atoms with Crippen LogP contribution in [0.1, 0.15) is 41.1 Å². The van der Waals surface area contributed by atoms with Crippen LogP contribution in [0, 0.1) is 0 Å². The fraction of sp³-hybridized carbons (Fsp3) is 0.250. The highest BCUT2D eigenvalue weighted by Crippen LogP contribution is 2.18. The Morgan fingerprint density at radius 2 is 1.96 bits per heavy atom. The number of quaternary nitrogens is 1. The van der Waals surface area contributed by atoms with Crippen LogP contribution in [-0.4, -0.2) is 21.9 Å². The van der Waals surface area contributed by atoms with Crippen LogP contribution in [0.4, 0.5) is 5.82 Å². The Morgan fingerprint density at radius 3 is 2.61 bits per heavy atom. The third-order valence-corrected chi connectivity index (χ3v) is 4.51. The van der Waals surface area contributed by atoms with E-state index in [0.717, 1.165) is 5.56 Å². The number of aromatic amines is 1. The van der Waals surface area contributed by atoms with E-state index in [4.69, 9.17) is 10.2 Å². The number of carbonyl (C=O) groups excluding carboxylic acids is 1. The quantitative estimate of drug-likeness (QED) is 0.492. The van der Waals surface area contributed by atoms with Gasteiger partial charge < -0.3 is 15.5 Å². The molecule has 0 aliphatic heterocycles. The first kappa shape index (κ1) is 19.4. The van der Waals surface area contributed by atoms with Crippen LogP contribution in [0.2, 0.25) is 0 Å². The zero-order valence-corrected chi connectivity index (χ0v) is 15.6. The van der Waals surface area contributed by atoms with E-state index in [0.29, 0.717) is 18.7 Å². The minimum atomic E-state index is -0.762. The summed E-state index contributed by atoms with van der Waals surface area (Å²) in [6.45, 7) is 2.17. The fourth-order valence-corrected chi connectivity index (χ4v) is 3.17. The minimum Gasteiger partial charge on any atom is -0.463 e. The molecule has 28 heavy (non-hydrogen) atoms. The number of ketones is 1. The topological polar surface area (TPSA) is 128 Å². The Labute approximate surface area is 161 Å². The van der Waals surface area contributed by atoms with Crippen molar-refractivity contribution in [2.45, 2.75) is 25.9 Å². The zero-order chi connectivity index (χ0) is 20.1. The molecule has 3 rings (SSSR count). The van der Waals surface area contributed by atoms with E-state index < -0.39 is 17.0 Å². The van der Waals surface area contributed by atoms with Crippen LogP contribution < -0.4 is 22.3 Å². The van der Waals surface area contributed by atoms with E-state index in [1.807, 2.05) is 43.3 Å². The van der Waals surface area contributed by atoms with Crippen molar-refractivity contribution in [1.29, 1.82) is 0 Å². The summed E-state index contributed by atoms with van der Waals surface area (Å²) in [6.07, 6.45) is 2.22. The number of benzene rings is 1. The van der Waals surface area contributed by atoms with Crippen molar-refractivity contribution in [3.63, 3.8) is 0 Å². The number of Topliss-reactive ketones (excluding diaryl/α,β-unsaturated/α-hetero) is 1. The zero-order valence-electron chi connectivity index (χ0n) is 15.6. The number of nitrogens with one attached hydrogen (secondary N) is 1. The lowest BCUT2D eigenvalue weighted by molar-refractivity contribution is -0.677. The van der Waals surface area contributed by atoms with Crippen LogP contribution in [0.5, 0.6) is 0 Å². The van der Waals surface area contributed by atoms with Gasteiger partial charge in [0, 0.05) is 12.1 Å². The van der Waals surface area contributed by atoms with Crippen molar-refractivity contribution in [2.24, 2.45) is 0 Å². The molecule has 8 nitrogen and oxygen atoms in total. The van der Waals surface area contributed by atoms with Crippen molar-refractivity contribution in [1.82, 2.24) is 9.55 Å². The van der Waals surface area contributed by atoms with Crippen molar-refractivity contribution in [2.75, 3.05) is 12.3 Å². The highest BCUT2D eigenvalue weighted by molar-refractivity contribution is 6.00. The molecule has 2 aromatic heterocycles. The van der Waals surface area contributed by atoms with Crippen molar-refractivity contribution >= 4 is 11.6 Å². The molecule has 2 heterocycles. The van der Waals surface area contributed by atoms with Gasteiger partial charge in [0.05, 0.1) is 6.26 Å². The minimum absolute atomic E-state index is 0.0299. The fourth-order valence-electron chi connectivity index (χ4n) is 3.17. The summed E-state index contributed by atoms with van der Waals surface area (Å²) in [5, 5.41) is 1.78. The molecular weight excluding hydrogens is 360 g/mol. The maximum atomic E-state index is 12.8. The Kier molecular flexibility index (Phi) is 5.90. The second kappa shape index (κ2) is 8.53. The van der Waals surface area contributed by atoms with E-state index in [-0.39, 0.29) is 24.0 Å². The van der Waals surface area contributed by atoms with Gasteiger partial charge in [-0.2, -0.15) is 0 Å². The molecule has 0 amide bonds. The number of hydrogen-bond donors (Lipinski definition) is 3. The van der Waals surface area contributed by atoms with Gasteiger partial charge in [-0.3, -0.25) is 19.1 Å². The number of nitrogens with zero attached hydrogens (tertiary/aromatic N) is 1. The predicted molar refractivity (Wildman–Crippen MR) is 104 cm³/mol. The molecule has 5 N–H and O–H groups in total. The number of carbonyl (C=O) groups is 1. The summed E-state index contributed by atoms with van der Waals surface area (Å²) in [5.41, 5.74) is 5.38. The smallest absolute Gasteiger partial charge is 0.329 e. The van der Waals surface area contributed by atoms with Crippen LogP contribution in [-0.2, 0) is 6.54 Å². The van der Waals surface area contributed by atoms with Gasteiger partial charge in [0.1, 0.15) is 17.9 Å². The number of anilines is 1. The van der Waals surface area contributed by atoms with Crippen LogP contribution in [0.15, 0.2) is 62.7 Å². The highest BCUT2D eigenvalue weighted by atomic mass is 16.3. The van der Waals surface area contributed by atoms with Gasteiger partial charge in [-0.15, -0.1) is 0 Å². The Morgan fingerprint density at radius 1 is 1.21 bits per heavy atom. The number of H-pyrrole nitrogens is 1. The van der Waals surface area contributed by atoms with E-state index in [9.17, 15) is 14.4 Å². The normalized spacial score (nSPS) is 12.0. The standard InChI is InChI=1S/C20H22N4O4/c1-2-10-24-18(21)16(19(26)23-20(24)27)14(25)12-22-17(15-9-6-11-28-15)13-7-4-3-5-8-13/h3-9,11,17,22H,2,10,12,21H2,1H3,(H,23,26,27)/p+1/t17-/m1/s1. The molecule has 0 bridgehead atoms. The molecule has 0 aliphatic carbocycles. The average molecular weight is 383 g/mol. The van der Waals surface area contributed by atoms with E-state index in [2.05, 4.69) is 4.98 Å². The van der Waals surface area contributed by atoms with Crippen molar-refractivity contribution in [3.8, 4) is 0 Å². The molecule has 1 atom stereocenters. The van der Waals surface area contributed by atoms with Gasteiger partial charge in [0.15, 0.2) is 11.8 Å². The molecule has 1 aromatic carbocycles. The second-order valence-corrected chi connectivity index (χ2v) is 6.44. The Balaban J connectivity index is 1.87. The molecule has 0 fully saturated rings. The van der Waals surface area contributed by atoms with E-state index in [1.54, 1.807) is 17.6 Å². The van der Waals surface area contributed by atoms with Gasteiger partial charge in [0.25, 0.3) is 5.56 Å². The highest BCUT2D eigenvalue weighted by Gasteiger charge is 2.25. The third-order valence-electron chi connectivity index (χ3n) is 4.51. The molecule has 0 unspecified atom stereocenters. The molecule has 0 spiro atoms. The number of rotatable bonds is 8. The molecule has 0 saturated heterocycles. The number of nitrogen functional groups attached to an aromatic ring is 1. The van der Waals surface area contributed by atoms with Gasteiger partial charge in [-0.05, 0) is 18.6 Å². The average Bonchev–Trinajstić information content (AvgIpc) is 3.20. The van der Waals surface area contributed by atoms with Crippen LogP contribution in [0.25, 0.3) is 0 Å². The van der Waals surface area contributed by atoms with Crippen LogP contribution in [0.3, 0.4) is 0 Å². The summed E-state index contributed by atoms with van der Waals surface area (Å²) < 4.78 is 6.74. The first-order chi connectivity index (χ1) is 13.5. The largest absolute Gasteiger partial charge is 0.463 e. The van der Waals surface area contributed by atoms with E-state index in [1.165, 1.54) is 4.57 Å². The summed E-state index contributed by atoms with van der Waals surface area (Å²) in [4.78, 5) is 39.1. The third kappa shape index (κ3) is 3.96. The van der Waals surface area contributed by atoms with Crippen LogP contribution >= 0.6 is 0 Å². The number of aromatic nitrogens is 2. The summed E-state index contributed by atoms with van der Waals surface area (Å²) >= 11 is 0. The number of hydrogen-bond acceptors (Lipinski definition) is 5. The first-order valence-corrected chi connectivity index (χ1v) is 9.10. The summed E-state index contributed by atoms with van der Waals surface area (Å²) in [7, 11) is 0. The lowest BCUT2D eigenvalue weighted by Gasteiger charge is -2.14. The predicted octanol–water partition coefficient (Wildman–Crippen LogP) is 0.658. The molecule has 3 aromatic rings. The van der Waals surface area contributed by atoms with Gasteiger partial charge in [0.2, 0.25) is 5.78 Å². The second-order valence-electron chi connectivity index (χ2n) is 6.44. The first-order valence-electron chi connectivity index (χ1n) is 9.10. The molecule has 146 valence electrons. The molecule has 8 heteroatoms. The number of furan rings is 1. The summed E-state index contributed by atoms with van der Waals surface area (Å²) in [5.74, 6) is 0.149. The van der Waals surface area contributed by atoms with Gasteiger partial charge in [-0.25, -0.2) is 4.79 Å². The molecular formula is C20H23N4O4+. The van der Waals surface area contributed by atoms with Crippen molar-refractivity contribution < 1.29 is 14.5 Å². The number of nitrogens with two attached hydrogens (primary N) is 2. The summed E-state index contributed by atoms with van der Waals surface area (Å²) in [6, 6.07) is 13.0. The molecule has 0 radical (unpaired) electrons. The monoisotopic (exact) mass is 383 g/mol. The Hall–Kier alpha value is -3.39. The maximum absolute atomic E-state index is 12.8. The Bertz CT molecular complexity index is 1050. The van der Waals surface area contributed by atoms with Crippen molar-refractivity contribution in [3.05, 3.63) is 86.5 Å². The van der Waals surface area contributed by atoms with Gasteiger partial charge in [-0.1, -0.05) is 37.3 Å². The lowest BCUT2D eigenvalue weighted by atomic mass is 10.0. The molecule has 0 saturated carbocycles. The lowest BCUT2D eigenvalue weighted by Crippen LogP contribution is -2.87. The van der Waals surface area contributed by atoms with Gasteiger partial charge >= 0.3 is 5.69 Å². The molecule has 0 aliphatic rings. The maximum Gasteiger partial charge on any atom is 0.329 e.